The zero-order valence-electron chi connectivity index (χ0n) is 16.6. The monoisotopic (exact) mass is 392 g/mol. The molecule has 2 aromatic carbocycles. The summed E-state index contributed by atoms with van der Waals surface area (Å²) in [6, 6.07) is 12.1. The largest absolute Gasteiger partial charge is 0.508 e. The smallest absolute Gasteiger partial charge is 0.262 e. The molecule has 0 radical (unpaired) electrons. The Bertz CT molecular complexity index is 1080. The Morgan fingerprint density at radius 3 is 2.76 bits per heavy atom. The third-order valence-electron chi connectivity index (χ3n) is 4.73. The maximum Gasteiger partial charge on any atom is 0.262 e. The zero-order chi connectivity index (χ0) is 21.0. The first kappa shape index (κ1) is 20.1. The van der Waals surface area contributed by atoms with Crippen molar-refractivity contribution in [3.05, 3.63) is 59.8 Å². The molecule has 4 N–H and O–H groups in total. The molecule has 1 amide bonds. The van der Waals surface area contributed by atoms with E-state index in [2.05, 4.69) is 20.8 Å². The average molecular weight is 392 g/mol. The molecule has 7 heteroatoms. The Morgan fingerprint density at radius 2 is 2.00 bits per heavy atom. The van der Waals surface area contributed by atoms with E-state index in [1.807, 2.05) is 37.3 Å². The molecular weight excluding hydrogens is 368 g/mol. The minimum atomic E-state index is -0.534. The molecule has 0 aliphatic carbocycles. The molecule has 1 atom stereocenters. The lowest BCUT2D eigenvalue weighted by Crippen LogP contribution is -2.35. The van der Waals surface area contributed by atoms with Crippen molar-refractivity contribution >= 4 is 28.2 Å². The third-order valence-corrected chi connectivity index (χ3v) is 4.73. The molecule has 0 saturated carbocycles. The standard InChI is InChI=1S/C22H24N4O3/c1-4-18(17-9-10-20(27)13(2)21(17)28)25-26-22(29)14(3)24-16-8-7-15-6-5-11-23-19(15)12-16/h5-12,14,24,27-28H,4H2,1-3H3,(H,26,29)/b25-18+. The second-order valence-electron chi connectivity index (χ2n) is 6.77. The summed E-state index contributed by atoms with van der Waals surface area (Å²) >= 11 is 0. The van der Waals surface area contributed by atoms with Crippen LogP contribution in [0.15, 0.2) is 53.8 Å². The van der Waals surface area contributed by atoms with E-state index < -0.39 is 6.04 Å². The van der Waals surface area contributed by atoms with Gasteiger partial charge >= 0.3 is 0 Å². The van der Waals surface area contributed by atoms with Crippen LogP contribution in [-0.4, -0.2) is 32.9 Å². The van der Waals surface area contributed by atoms with E-state index in [1.165, 1.54) is 6.07 Å². The maximum absolute atomic E-state index is 12.5. The van der Waals surface area contributed by atoms with Gasteiger partial charge in [0.1, 0.15) is 17.5 Å². The molecule has 1 unspecified atom stereocenters. The van der Waals surface area contributed by atoms with E-state index in [1.54, 1.807) is 26.1 Å². The number of carbonyl (C=O) groups is 1. The van der Waals surface area contributed by atoms with Crippen molar-refractivity contribution in [3.8, 4) is 11.5 Å². The zero-order valence-corrected chi connectivity index (χ0v) is 16.6. The molecule has 0 bridgehead atoms. The molecule has 0 aliphatic heterocycles. The van der Waals surface area contributed by atoms with Gasteiger partial charge in [0.25, 0.3) is 5.91 Å². The molecule has 0 saturated heterocycles. The van der Waals surface area contributed by atoms with Gasteiger partial charge in [-0.1, -0.05) is 19.1 Å². The van der Waals surface area contributed by atoms with Gasteiger partial charge in [0.2, 0.25) is 0 Å². The minimum absolute atomic E-state index is 0.00781. The number of nitrogens with one attached hydrogen (secondary N) is 2. The summed E-state index contributed by atoms with van der Waals surface area (Å²) in [5.74, 6) is -0.352. The number of carbonyl (C=O) groups excluding carboxylic acids is 1. The lowest BCUT2D eigenvalue weighted by molar-refractivity contribution is -0.121. The summed E-state index contributed by atoms with van der Waals surface area (Å²) in [7, 11) is 0. The summed E-state index contributed by atoms with van der Waals surface area (Å²) in [5, 5.41) is 28.3. The van der Waals surface area contributed by atoms with Crippen molar-refractivity contribution in [2.24, 2.45) is 5.10 Å². The van der Waals surface area contributed by atoms with Crippen LogP contribution in [0.2, 0.25) is 0 Å². The predicted octanol–water partition coefficient (Wildman–Crippen LogP) is 3.69. The molecule has 1 heterocycles. The number of amides is 1. The highest BCUT2D eigenvalue weighted by atomic mass is 16.3. The number of pyridine rings is 1. The second kappa shape index (κ2) is 8.60. The van der Waals surface area contributed by atoms with Gasteiger partial charge < -0.3 is 15.5 Å². The third kappa shape index (κ3) is 4.45. The number of phenols is 2. The highest BCUT2D eigenvalue weighted by Crippen LogP contribution is 2.30. The molecule has 29 heavy (non-hydrogen) atoms. The summed E-state index contributed by atoms with van der Waals surface area (Å²) in [5.41, 5.74) is 5.53. The molecule has 7 nitrogen and oxygen atoms in total. The number of aromatic hydroxyl groups is 2. The van der Waals surface area contributed by atoms with Crippen LogP contribution in [0, 0.1) is 6.92 Å². The number of phenolic OH excluding ortho intramolecular Hbond substituents is 2. The van der Waals surface area contributed by atoms with Crippen LogP contribution < -0.4 is 10.7 Å². The molecule has 150 valence electrons. The molecule has 3 rings (SSSR count). The van der Waals surface area contributed by atoms with Crippen molar-refractivity contribution in [3.63, 3.8) is 0 Å². The number of anilines is 1. The molecule has 0 fully saturated rings. The fourth-order valence-corrected chi connectivity index (χ4v) is 2.94. The van der Waals surface area contributed by atoms with Crippen LogP contribution in [0.25, 0.3) is 10.9 Å². The van der Waals surface area contributed by atoms with Gasteiger partial charge in [-0.25, -0.2) is 5.43 Å². The Morgan fingerprint density at radius 1 is 1.21 bits per heavy atom. The van der Waals surface area contributed by atoms with Crippen LogP contribution in [-0.2, 0) is 4.79 Å². The predicted molar refractivity (Wildman–Crippen MR) is 114 cm³/mol. The van der Waals surface area contributed by atoms with E-state index in [0.29, 0.717) is 23.3 Å². The van der Waals surface area contributed by atoms with Crippen molar-refractivity contribution in [2.45, 2.75) is 33.2 Å². The van der Waals surface area contributed by atoms with Crippen LogP contribution in [0.5, 0.6) is 11.5 Å². The number of hydrogen-bond donors (Lipinski definition) is 4. The first-order valence-corrected chi connectivity index (χ1v) is 9.40. The number of hydrazone groups is 1. The van der Waals surface area contributed by atoms with Gasteiger partial charge in [0.05, 0.1) is 11.2 Å². The summed E-state index contributed by atoms with van der Waals surface area (Å²) in [4.78, 5) is 16.8. The van der Waals surface area contributed by atoms with Crippen LogP contribution in [0.3, 0.4) is 0 Å². The molecular formula is C22H24N4O3. The van der Waals surface area contributed by atoms with Crippen LogP contribution >= 0.6 is 0 Å². The first-order valence-electron chi connectivity index (χ1n) is 9.40. The van der Waals surface area contributed by atoms with Crippen molar-refractivity contribution in [2.75, 3.05) is 5.32 Å². The Kier molecular flexibility index (Phi) is 5.97. The molecule has 1 aromatic heterocycles. The van der Waals surface area contributed by atoms with Crippen molar-refractivity contribution < 1.29 is 15.0 Å². The highest BCUT2D eigenvalue weighted by Gasteiger charge is 2.15. The summed E-state index contributed by atoms with van der Waals surface area (Å²) < 4.78 is 0. The number of nitrogens with zero attached hydrogens (tertiary/aromatic N) is 2. The van der Waals surface area contributed by atoms with Crippen molar-refractivity contribution in [1.29, 1.82) is 0 Å². The van der Waals surface area contributed by atoms with Crippen LogP contribution in [0.4, 0.5) is 5.69 Å². The summed E-state index contributed by atoms with van der Waals surface area (Å²) in [6.45, 7) is 5.22. The fourth-order valence-electron chi connectivity index (χ4n) is 2.94. The van der Waals surface area contributed by atoms with E-state index >= 15 is 0 Å². The van der Waals surface area contributed by atoms with Gasteiger partial charge in [-0.3, -0.25) is 9.78 Å². The highest BCUT2D eigenvalue weighted by molar-refractivity contribution is 6.03. The molecule has 0 aliphatic rings. The van der Waals surface area contributed by atoms with Crippen LogP contribution in [0.1, 0.15) is 31.4 Å². The SMILES string of the molecule is CC/C(=N\NC(=O)C(C)Nc1ccc2cccnc2c1)c1ccc(O)c(C)c1O. The van der Waals surface area contributed by atoms with Gasteiger partial charge in [-0.05, 0) is 50.6 Å². The van der Waals surface area contributed by atoms with Crippen molar-refractivity contribution in [1.82, 2.24) is 10.4 Å². The fraction of sp³-hybridized carbons (Fsp3) is 0.227. The molecule has 0 spiro atoms. The van der Waals surface area contributed by atoms with E-state index in [0.717, 1.165) is 16.6 Å². The lowest BCUT2D eigenvalue weighted by atomic mass is 10.0. The first-order chi connectivity index (χ1) is 13.9. The Hall–Kier alpha value is -3.61. The maximum atomic E-state index is 12.5. The quantitative estimate of drug-likeness (QED) is 0.378. The van der Waals surface area contributed by atoms with Gasteiger partial charge in [-0.15, -0.1) is 0 Å². The summed E-state index contributed by atoms with van der Waals surface area (Å²) in [6.07, 6.45) is 2.22. The number of benzene rings is 2. The second-order valence-corrected chi connectivity index (χ2v) is 6.77. The number of fused-ring (bicyclic) bond motifs is 1. The Balaban J connectivity index is 1.71. The number of aromatic nitrogens is 1. The van der Waals surface area contributed by atoms with Gasteiger partial charge in [0.15, 0.2) is 0 Å². The van der Waals surface area contributed by atoms with E-state index in [9.17, 15) is 15.0 Å². The van der Waals surface area contributed by atoms with Gasteiger partial charge in [0, 0.05) is 28.4 Å². The van der Waals surface area contributed by atoms with E-state index in [4.69, 9.17) is 0 Å². The average Bonchev–Trinajstić information content (AvgIpc) is 2.73. The topological polar surface area (TPSA) is 107 Å². The Labute approximate surface area is 169 Å². The number of rotatable bonds is 6. The number of hydrogen-bond acceptors (Lipinski definition) is 6. The lowest BCUT2D eigenvalue weighted by Gasteiger charge is -2.15. The normalized spacial score (nSPS) is 12.6. The molecule has 3 aromatic rings. The van der Waals surface area contributed by atoms with Gasteiger partial charge in [-0.2, -0.15) is 5.10 Å². The van der Waals surface area contributed by atoms with E-state index in [-0.39, 0.29) is 17.4 Å². The minimum Gasteiger partial charge on any atom is -0.508 e.